The predicted molar refractivity (Wildman–Crippen MR) is 110 cm³/mol. The maximum Gasteiger partial charge on any atom is 0.231 e. The molecule has 1 N–H and O–H groups in total. The maximum absolute atomic E-state index is 12.3. The summed E-state index contributed by atoms with van der Waals surface area (Å²) in [5.41, 5.74) is 1.69. The van der Waals surface area contributed by atoms with Crippen molar-refractivity contribution >= 4 is 14.2 Å². The average Bonchev–Trinajstić information content (AvgIpc) is 3.07. The van der Waals surface area contributed by atoms with Crippen LogP contribution in [0.2, 0.25) is 18.1 Å². The Kier molecular flexibility index (Phi) is 5.37. The van der Waals surface area contributed by atoms with Crippen LogP contribution >= 0.6 is 0 Å². The molecule has 0 radical (unpaired) electrons. The summed E-state index contributed by atoms with van der Waals surface area (Å²) >= 11 is 0. The van der Waals surface area contributed by atoms with Crippen molar-refractivity contribution < 1.29 is 14.0 Å². The molecule has 0 spiro atoms. The summed E-state index contributed by atoms with van der Waals surface area (Å²) in [6.07, 6.45) is 1.43. The van der Waals surface area contributed by atoms with Gasteiger partial charge in [0, 0.05) is 5.56 Å². The number of nitrogens with zero attached hydrogens (tertiary/aromatic N) is 3. The van der Waals surface area contributed by atoms with Crippen LogP contribution in [0, 0.1) is 5.92 Å². The van der Waals surface area contributed by atoms with Gasteiger partial charge in [0.1, 0.15) is 23.5 Å². The Hall–Kier alpha value is -2.19. The first-order valence-corrected chi connectivity index (χ1v) is 12.5. The molecule has 0 saturated carbocycles. The Morgan fingerprint density at radius 3 is 2.39 bits per heavy atom. The van der Waals surface area contributed by atoms with Gasteiger partial charge in [-0.3, -0.25) is 4.79 Å². The molecular weight excluding hydrogens is 372 g/mol. The van der Waals surface area contributed by atoms with Gasteiger partial charge in [0.2, 0.25) is 5.91 Å². The van der Waals surface area contributed by atoms with Crippen molar-refractivity contribution in [1.82, 2.24) is 20.3 Å². The molecule has 3 rings (SSSR count). The van der Waals surface area contributed by atoms with Gasteiger partial charge in [-0.05, 0) is 49.3 Å². The molecule has 2 heterocycles. The summed E-state index contributed by atoms with van der Waals surface area (Å²) in [5, 5.41) is 11.5. The molecule has 1 aromatic heterocycles. The summed E-state index contributed by atoms with van der Waals surface area (Å²) in [5.74, 6) is 0.510. The van der Waals surface area contributed by atoms with Crippen molar-refractivity contribution in [2.75, 3.05) is 7.11 Å². The zero-order valence-corrected chi connectivity index (χ0v) is 18.7. The van der Waals surface area contributed by atoms with E-state index in [4.69, 9.17) is 9.16 Å². The van der Waals surface area contributed by atoms with Crippen molar-refractivity contribution in [2.45, 2.75) is 58.1 Å². The van der Waals surface area contributed by atoms with E-state index in [1.165, 1.54) is 0 Å². The number of amides is 1. The molecule has 8 heteroatoms. The summed E-state index contributed by atoms with van der Waals surface area (Å²) in [6.45, 7) is 13.0. The lowest BCUT2D eigenvalue weighted by molar-refractivity contribution is -0.144. The zero-order valence-electron chi connectivity index (χ0n) is 17.7. The molecule has 28 heavy (non-hydrogen) atoms. The molecular formula is C20H30N4O3Si. The van der Waals surface area contributed by atoms with E-state index in [1.807, 2.05) is 37.4 Å². The number of methoxy groups -OCH3 is 1. The van der Waals surface area contributed by atoms with Gasteiger partial charge in [0.05, 0.1) is 19.4 Å². The van der Waals surface area contributed by atoms with Gasteiger partial charge in [-0.2, -0.15) is 0 Å². The van der Waals surface area contributed by atoms with Crippen LogP contribution in [0.1, 0.15) is 33.9 Å². The van der Waals surface area contributed by atoms with Crippen molar-refractivity contribution in [2.24, 2.45) is 5.92 Å². The van der Waals surface area contributed by atoms with E-state index >= 15 is 0 Å². The molecule has 152 valence electrons. The summed E-state index contributed by atoms with van der Waals surface area (Å²) < 4.78 is 13.4. The topological polar surface area (TPSA) is 78.3 Å². The Morgan fingerprint density at radius 2 is 1.86 bits per heavy atom. The number of aromatic nitrogens is 3. The lowest BCUT2D eigenvalue weighted by Crippen LogP contribution is -2.60. The minimum absolute atomic E-state index is 0.00212. The monoisotopic (exact) mass is 402 g/mol. The minimum atomic E-state index is -1.97. The molecule has 1 saturated heterocycles. The third kappa shape index (κ3) is 3.84. The van der Waals surface area contributed by atoms with Crippen LogP contribution in [0.5, 0.6) is 5.75 Å². The van der Waals surface area contributed by atoms with Crippen molar-refractivity contribution in [1.29, 1.82) is 0 Å². The molecule has 0 aliphatic carbocycles. The highest BCUT2D eigenvalue weighted by molar-refractivity contribution is 6.74. The molecule has 0 bridgehead atoms. The van der Waals surface area contributed by atoms with Crippen LogP contribution in [0.25, 0.3) is 11.3 Å². The van der Waals surface area contributed by atoms with Crippen LogP contribution in [0.15, 0.2) is 30.5 Å². The first-order valence-electron chi connectivity index (χ1n) is 9.58. The third-order valence-electron chi connectivity index (χ3n) is 5.91. The van der Waals surface area contributed by atoms with Crippen molar-refractivity contribution in [3.05, 3.63) is 30.5 Å². The SMILES string of the molecule is COc1ccc(-c2cn([C@H]3NC(=O)[C@@H]3[C@@H](C)O[Si](C)(C)C(C)(C)C)nn2)cc1. The second kappa shape index (κ2) is 7.33. The summed E-state index contributed by atoms with van der Waals surface area (Å²) in [7, 11) is -0.330. The first-order chi connectivity index (χ1) is 13.0. The largest absolute Gasteiger partial charge is 0.497 e. The Morgan fingerprint density at radius 1 is 1.21 bits per heavy atom. The number of benzene rings is 1. The van der Waals surface area contributed by atoms with E-state index in [0.29, 0.717) is 0 Å². The molecule has 1 aromatic carbocycles. The zero-order chi connectivity index (χ0) is 20.7. The highest BCUT2D eigenvalue weighted by atomic mass is 28.4. The van der Waals surface area contributed by atoms with Crippen LogP contribution < -0.4 is 10.1 Å². The smallest absolute Gasteiger partial charge is 0.231 e. The molecule has 7 nitrogen and oxygen atoms in total. The van der Waals surface area contributed by atoms with Gasteiger partial charge in [-0.25, -0.2) is 4.68 Å². The fourth-order valence-corrected chi connectivity index (χ4v) is 4.53. The first kappa shape index (κ1) is 20.5. The average molecular weight is 403 g/mol. The van der Waals surface area contributed by atoms with E-state index in [1.54, 1.807) is 11.8 Å². The van der Waals surface area contributed by atoms with Crippen molar-refractivity contribution in [3.63, 3.8) is 0 Å². The van der Waals surface area contributed by atoms with Crippen molar-refractivity contribution in [3.8, 4) is 17.0 Å². The number of carbonyl (C=O) groups is 1. The van der Waals surface area contributed by atoms with Gasteiger partial charge in [-0.15, -0.1) is 5.10 Å². The van der Waals surface area contributed by atoms with Crippen LogP contribution in [0.4, 0.5) is 0 Å². The van der Waals surface area contributed by atoms with E-state index < -0.39 is 8.32 Å². The van der Waals surface area contributed by atoms with Gasteiger partial charge in [0.25, 0.3) is 0 Å². The summed E-state index contributed by atoms with van der Waals surface area (Å²) in [4.78, 5) is 12.3. The quantitative estimate of drug-likeness (QED) is 0.590. The number of nitrogens with one attached hydrogen (secondary N) is 1. The molecule has 3 atom stereocenters. The fourth-order valence-electron chi connectivity index (χ4n) is 3.10. The van der Waals surface area contributed by atoms with E-state index in [-0.39, 0.29) is 29.1 Å². The molecule has 2 aromatic rings. The number of carbonyl (C=O) groups excluding carboxylic acids is 1. The fraction of sp³-hybridized carbons (Fsp3) is 0.550. The second-order valence-electron chi connectivity index (χ2n) is 8.87. The van der Waals surface area contributed by atoms with Gasteiger partial charge in [0.15, 0.2) is 8.32 Å². The van der Waals surface area contributed by atoms with Gasteiger partial charge in [-0.1, -0.05) is 26.0 Å². The molecule has 1 aliphatic rings. The van der Waals surface area contributed by atoms with Gasteiger partial charge < -0.3 is 14.5 Å². The van der Waals surface area contributed by atoms with E-state index in [2.05, 4.69) is 49.5 Å². The minimum Gasteiger partial charge on any atom is -0.497 e. The molecule has 1 fully saturated rings. The number of ether oxygens (including phenoxy) is 1. The third-order valence-corrected chi connectivity index (χ3v) is 10.5. The maximum atomic E-state index is 12.3. The Labute approximate surface area is 167 Å². The lowest BCUT2D eigenvalue weighted by Gasteiger charge is -2.45. The van der Waals surface area contributed by atoms with Crippen LogP contribution in [0.3, 0.4) is 0 Å². The Bertz CT molecular complexity index is 842. The Balaban J connectivity index is 1.75. The second-order valence-corrected chi connectivity index (χ2v) is 13.6. The number of hydrogen-bond donors (Lipinski definition) is 1. The highest BCUT2D eigenvalue weighted by Gasteiger charge is 2.48. The number of hydrogen-bond acceptors (Lipinski definition) is 5. The van der Waals surface area contributed by atoms with Crippen LogP contribution in [-0.4, -0.2) is 42.4 Å². The highest BCUT2D eigenvalue weighted by Crippen LogP contribution is 2.40. The van der Waals surface area contributed by atoms with E-state index in [0.717, 1.165) is 17.0 Å². The molecule has 1 amide bonds. The van der Waals surface area contributed by atoms with Gasteiger partial charge >= 0.3 is 0 Å². The predicted octanol–water partition coefficient (Wildman–Crippen LogP) is 3.61. The standard InChI is InChI=1S/C20H30N4O3Si/c1-13(27-28(6,7)20(2,3)4)17-18(21-19(17)25)24-12-16(22-23-24)14-8-10-15(26-5)11-9-14/h8-13,17-18H,1-7H3,(H,21,25)/t13-,17-,18-/m1/s1. The molecule has 0 unspecified atom stereocenters. The number of rotatable bonds is 6. The normalized spacial score (nSPS) is 21.0. The lowest BCUT2D eigenvalue weighted by atomic mass is 9.92. The van der Waals surface area contributed by atoms with Crippen LogP contribution in [-0.2, 0) is 9.22 Å². The number of β-lactam (4-membered cyclic amide) rings is 1. The molecule has 1 aliphatic heterocycles. The van der Waals surface area contributed by atoms with E-state index in [9.17, 15) is 4.79 Å². The summed E-state index contributed by atoms with van der Waals surface area (Å²) in [6, 6.07) is 7.65.